The quantitative estimate of drug-likeness (QED) is 0.366. The topological polar surface area (TPSA) is 54.9 Å². The van der Waals surface area contributed by atoms with Gasteiger partial charge in [0.2, 0.25) is 0 Å². The number of methoxy groups -OCH3 is 1. The number of ether oxygens (including phenoxy) is 2. The zero-order valence-electron chi connectivity index (χ0n) is 16.5. The molecular weight excluding hydrogens is 314 g/mol. The van der Waals surface area contributed by atoms with Gasteiger partial charge in [-0.25, -0.2) is 0 Å². The highest BCUT2D eigenvalue weighted by molar-refractivity contribution is 5.79. The lowest BCUT2D eigenvalue weighted by atomic mass is 10.0. The van der Waals surface area contributed by atoms with E-state index in [2.05, 4.69) is 41.6 Å². The van der Waals surface area contributed by atoms with Crippen LogP contribution in [0.3, 0.4) is 0 Å². The Bertz CT molecular complexity index is 486. The molecule has 142 valence electrons. The van der Waals surface area contributed by atoms with Crippen LogP contribution < -0.4 is 15.4 Å². The average molecular weight is 350 g/mol. The van der Waals surface area contributed by atoms with Gasteiger partial charge in [-0.1, -0.05) is 26.0 Å². The average Bonchev–Trinajstić information content (AvgIpc) is 2.63. The fraction of sp³-hybridized carbons (Fsp3) is 0.650. The van der Waals surface area contributed by atoms with E-state index < -0.39 is 0 Å². The Morgan fingerprint density at radius 2 is 1.80 bits per heavy atom. The maximum atomic E-state index is 5.77. The van der Waals surface area contributed by atoms with Crippen molar-refractivity contribution in [1.29, 1.82) is 0 Å². The third-order valence-electron chi connectivity index (χ3n) is 4.16. The first-order chi connectivity index (χ1) is 12.1. The summed E-state index contributed by atoms with van der Waals surface area (Å²) in [5, 5.41) is 6.74. The number of aliphatic imine (C=N–C) groups is 1. The minimum Gasteiger partial charge on any atom is -0.497 e. The van der Waals surface area contributed by atoms with E-state index in [0.717, 1.165) is 50.7 Å². The van der Waals surface area contributed by atoms with Crippen LogP contribution in [-0.4, -0.2) is 45.9 Å². The standard InChI is InChI=1S/C20H35N3O2/c1-6-25-19(16(2)3)13-15-23-20(21-4)22-14-7-8-17-9-11-18(24-5)12-10-17/h9-12,16,19H,6-8,13-15H2,1-5H3,(H2,21,22,23). The van der Waals surface area contributed by atoms with Crippen molar-refractivity contribution in [3.63, 3.8) is 0 Å². The van der Waals surface area contributed by atoms with Crippen molar-refractivity contribution < 1.29 is 9.47 Å². The predicted molar refractivity (Wildman–Crippen MR) is 106 cm³/mol. The largest absolute Gasteiger partial charge is 0.497 e. The van der Waals surface area contributed by atoms with Gasteiger partial charge in [0, 0.05) is 26.7 Å². The number of nitrogens with one attached hydrogen (secondary N) is 2. The summed E-state index contributed by atoms with van der Waals surface area (Å²) in [6.45, 7) is 8.97. The lowest BCUT2D eigenvalue weighted by Crippen LogP contribution is -2.39. The van der Waals surface area contributed by atoms with Gasteiger partial charge in [0.15, 0.2) is 5.96 Å². The molecular formula is C20H35N3O2. The molecule has 0 fully saturated rings. The molecule has 1 aromatic carbocycles. The van der Waals surface area contributed by atoms with Crippen molar-refractivity contribution in [3.8, 4) is 5.75 Å². The molecule has 1 unspecified atom stereocenters. The SMILES string of the molecule is CCOC(CCNC(=NC)NCCCc1ccc(OC)cc1)C(C)C. The third-order valence-corrected chi connectivity index (χ3v) is 4.16. The second-order valence-corrected chi connectivity index (χ2v) is 6.40. The van der Waals surface area contributed by atoms with Crippen LogP contribution in [0.5, 0.6) is 5.75 Å². The molecule has 0 aliphatic carbocycles. The van der Waals surface area contributed by atoms with Crippen LogP contribution in [0.2, 0.25) is 0 Å². The molecule has 25 heavy (non-hydrogen) atoms. The molecule has 0 amide bonds. The molecule has 0 saturated carbocycles. The molecule has 1 rings (SSSR count). The Kier molecular flexibility index (Phi) is 10.7. The lowest BCUT2D eigenvalue weighted by molar-refractivity contribution is 0.0258. The molecule has 1 atom stereocenters. The van der Waals surface area contributed by atoms with Gasteiger partial charge in [0.25, 0.3) is 0 Å². The lowest BCUT2D eigenvalue weighted by Gasteiger charge is -2.21. The highest BCUT2D eigenvalue weighted by Gasteiger charge is 2.12. The molecule has 1 aromatic rings. The Labute approximate surface area is 153 Å². The van der Waals surface area contributed by atoms with Crippen molar-refractivity contribution in [2.75, 3.05) is 33.9 Å². The second kappa shape index (κ2) is 12.6. The van der Waals surface area contributed by atoms with E-state index in [0.29, 0.717) is 12.0 Å². The Hall–Kier alpha value is -1.75. The van der Waals surface area contributed by atoms with E-state index in [4.69, 9.17) is 9.47 Å². The van der Waals surface area contributed by atoms with Gasteiger partial charge in [0.1, 0.15) is 5.75 Å². The molecule has 5 heteroatoms. The number of aryl methyl sites for hydroxylation is 1. The summed E-state index contributed by atoms with van der Waals surface area (Å²) in [5.41, 5.74) is 1.32. The number of hydrogen-bond acceptors (Lipinski definition) is 3. The van der Waals surface area contributed by atoms with E-state index in [1.807, 2.05) is 19.1 Å². The maximum Gasteiger partial charge on any atom is 0.190 e. The number of hydrogen-bond donors (Lipinski definition) is 2. The van der Waals surface area contributed by atoms with Crippen molar-refractivity contribution in [2.45, 2.75) is 46.1 Å². The third kappa shape index (κ3) is 8.77. The first kappa shape index (κ1) is 21.3. The van der Waals surface area contributed by atoms with E-state index in [1.54, 1.807) is 14.2 Å². The summed E-state index contributed by atoms with van der Waals surface area (Å²) in [5.74, 6) is 2.29. The predicted octanol–water partition coefficient (Wildman–Crippen LogP) is 3.24. The van der Waals surface area contributed by atoms with E-state index in [1.165, 1.54) is 5.56 Å². The second-order valence-electron chi connectivity index (χ2n) is 6.40. The van der Waals surface area contributed by atoms with Crippen LogP contribution in [0.25, 0.3) is 0 Å². The van der Waals surface area contributed by atoms with Gasteiger partial charge in [-0.05, 0) is 49.8 Å². The summed E-state index contributed by atoms with van der Waals surface area (Å²) in [4.78, 5) is 4.28. The van der Waals surface area contributed by atoms with Crippen LogP contribution in [-0.2, 0) is 11.2 Å². The Balaban J connectivity index is 2.23. The van der Waals surface area contributed by atoms with E-state index >= 15 is 0 Å². The fourth-order valence-corrected chi connectivity index (χ4v) is 2.67. The van der Waals surface area contributed by atoms with Crippen molar-refractivity contribution >= 4 is 5.96 Å². The van der Waals surface area contributed by atoms with Gasteiger partial charge in [-0.3, -0.25) is 4.99 Å². The zero-order chi connectivity index (χ0) is 18.5. The van der Waals surface area contributed by atoms with Gasteiger partial charge < -0.3 is 20.1 Å². The number of benzene rings is 1. The van der Waals surface area contributed by atoms with Crippen LogP contribution in [0.15, 0.2) is 29.3 Å². The fourth-order valence-electron chi connectivity index (χ4n) is 2.67. The summed E-state index contributed by atoms with van der Waals surface area (Å²) in [6, 6.07) is 8.25. The normalized spacial score (nSPS) is 13.0. The number of guanidine groups is 1. The van der Waals surface area contributed by atoms with Crippen LogP contribution >= 0.6 is 0 Å². The first-order valence-electron chi connectivity index (χ1n) is 9.29. The first-order valence-corrected chi connectivity index (χ1v) is 9.29. The molecule has 0 spiro atoms. The smallest absolute Gasteiger partial charge is 0.190 e. The molecule has 0 aromatic heterocycles. The van der Waals surface area contributed by atoms with Gasteiger partial charge >= 0.3 is 0 Å². The van der Waals surface area contributed by atoms with Crippen LogP contribution in [0.1, 0.15) is 39.2 Å². The summed E-state index contributed by atoms with van der Waals surface area (Å²) in [6.07, 6.45) is 3.37. The number of nitrogens with zero attached hydrogens (tertiary/aromatic N) is 1. The van der Waals surface area contributed by atoms with Crippen LogP contribution in [0, 0.1) is 5.92 Å². The molecule has 2 N–H and O–H groups in total. The van der Waals surface area contributed by atoms with Crippen LogP contribution in [0.4, 0.5) is 0 Å². The Morgan fingerprint density at radius 3 is 2.36 bits per heavy atom. The summed E-state index contributed by atoms with van der Waals surface area (Å²) in [7, 11) is 3.50. The van der Waals surface area contributed by atoms with Gasteiger partial charge in [-0.2, -0.15) is 0 Å². The molecule has 0 heterocycles. The highest BCUT2D eigenvalue weighted by atomic mass is 16.5. The maximum absolute atomic E-state index is 5.77. The summed E-state index contributed by atoms with van der Waals surface area (Å²) < 4.78 is 11.0. The molecule has 0 radical (unpaired) electrons. The Morgan fingerprint density at radius 1 is 1.12 bits per heavy atom. The van der Waals surface area contributed by atoms with Crippen molar-refractivity contribution in [2.24, 2.45) is 10.9 Å². The van der Waals surface area contributed by atoms with Gasteiger partial charge in [0.05, 0.1) is 13.2 Å². The highest BCUT2D eigenvalue weighted by Crippen LogP contribution is 2.12. The van der Waals surface area contributed by atoms with E-state index in [9.17, 15) is 0 Å². The van der Waals surface area contributed by atoms with Crippen molar-refractivity contribution in [1.82, 2.24) is 10.6 Å². The summed E-state index contributed by atoms with van der Waals surface area (Å²) >= 11 is 0. The minimum absolute atomic E-state index is 0.297. The van der Waals surface area contributed by atoms with E-state index in [-0.39, 0.29) is 0 Å². The van der Waals surface area contributed by atoms with Crippen molar-refractivity contribution in [3.05, 3.63) is 29.8 Å². The molecule has 0 bridgehead atoms. The van der Waals surface area contributed by atoms with Gasteiger partial charge in [-0.15, -0.1) is 0 Å². The number of rotatable bonds is 11. The zero-order valence-corrected chi connectivity index (χ0v) is 16.5. The molecule has 0 aliphatic rings. The molecule has 0 aliphatic heterocycles. The monoisotopic (exact) mass is 349 g/mol. The molecule has 5 nitrogen and oxygen atoms in total. The molecule has 0 saturated heterocycles. The minimum atomic E-state index is 0.297.